The quantitative estimate of drug-likeness (QED) is 0.806. The van der Waals surface area contributed by atoms with Gasteiger partial charge in [-0.15, -0.1) is 6.42 Å². The summed E-state index contributed by atoms with van der Waals surface area (Å²) in [6.45, 7) is 10.1. The first-order valence-electron chi connectivity index (χ1n) is 8.27. The summed E-state index contributed by atoms with van der Waals surface area (Å²) in [6, 6.07) is 0.925. The van der Waals surface area contributed by atoms with Crippen molar-refractivity contribution in [2.45, 2.75) is 57.7 Å². The van der Waals surface area contributed by atoms with E-state index in [1.165, 1.54) is 0 Å². The Hall–Kier alpha value is -1.25. The molecular formula is C17H29N3O2. The Morgan fingerprint density at radius 2 is 1.86 bits per heavy atom. The van der Waals surface area contributed by atoms with Crippen molar-refractivity contribution < 1.29 is 9.53 Å². The zero-order valence-corrected chi connectivity index (χ0v) is 14.1. The number of likely N-dealkylation sites (tertiary alicyclic amines) is 2. The first-order valence-corrected chi connectivity index (χ1v) is 8.27. The van der Waals surface area contributed by atoms with E-state index in [2.05, 4.69) is 16.1 Å². The second-order valence-electron chi connectivity index (χ2n) is 7.33. The van der Waals surface area contributed by atoms with Crippen molar-refractivity contribution in [2.24, 2.45) is 0 Å². The van der Waals surface area contributed by atoms with E-state index in [4.69, 9.17) is 11.2 Å². The smallest absolute Gasteiger partial charge is 0.410 e. The summed E-state index contributed by atoms with van der Waals surface area (Å²) in [4.78, 5) is 16.2. The van der Waals surface area contributed by atoms with Crippen LogP contribution in [0.4, 0.5) is 4.79 Å². The number of nitrogens with one attached hydrogen (secondary N) is 1. The van der Waals surface area contributed by atoms with Crippen molar-refractivity contribution in [3.8, 4) is 12.3 Å². The average molecular weight is 307 g/mol. The molecule has 5 nitrogen and oxygen atoms in total. The molecule has 124 valence electrons. The van der Waals surface area contributed by atoms with Gasteiger partial charge in [-0.05, 0) is 40.0 Å². The van der Waals surface area contributed by atoms with Gasteiger partial charge in [0, 0.05) is 38.3 Å². The zero-order valence-electron chi connectivity index (χ0n) is 14.1. The fraction of sp³-hybridized carbons (Fsp3) is 0.824. The van der Waals surface area contributed by atoms with Gasteiger partial charge in [0.25, 0.3) is 0 Å². The molecule has 1 N–H and O–H groups in total. The molecule has 0 aliphatic carbocycles. The molecule has 0 spiro atoms. The van der Waals surface area contributed by atoms with Crippen LogP contribution in [0, 0.1) is 12.3 Å². The van der Waals surface area contributed by atoms with E-state index in [9.17, 15) is 4.79 Å². The minimum atomic E-state index is -0.424. The van der Waals surface area contributed by atoms with Crippen LogP contribution in [0.15, 0.2) is 0 Å². The molecule has 0 bridgehead atoms. The van der Waals surface area contributed by atoms with E-state index in [-0.39, 0.29) is 6.09 Å². The SMILES string of the molecule is C#CCN1CCC(NC2CCN(C(=O)OC(C)(C)C)C2)CC1. The highest BCUT2D eigenvalue weighted by molar-refractivity contribution is 5.68. The number of hydrogen-bond acceptors (Lipinski definition) is 4. The lowest BCUT2D eigenvalue weighted by Gasteiger charge is -2.32. The predicted molar refractivity (Wildman–Crippen MR) is 87.6 cm³/mol. The van der Waals surface area contributed by atoms with Crippen LogP contribution in [0.2, 0.25) is 0 Å². The highest BCUT2D eigenvalue weighted by Crippen LogP contribution is 2.17. The standard InChI is InChI=1S/C17H29N3O2/c1-5-9-19-10-6-14(7-11-19)18-15-8-12-20(13-15)16(21)22-17(2,3)4/h1,14-15,18H,6-13H2,2-4H3. The molecule has 2 heterocycles. The van der Waals surface area contributed by atoms with Crippen LogP contribution in [0.25, 0.3) is 0 Å². The summed E-state index contributed by atoms with van der Waals surface area (Å²) in [7, 11) is 0. The fourth-order valence-electron chi connectivity index (χ4n) is 3.11. The van der Waals surface area contributed by atoms with Crippen LogP contribution in [-0.4, -0.2) is 66.3 Å². The molecule has 0 saturated carbocycles. The minimum absolute atomic E-state index is 0.194. The van der Waals surface area contributed by atoms with Crippen LogP contribution >= 0.6 is 0 Å². The second-order valence-corrected chi connectivity index (χ2v) is 7.33. The Kier molecular flexibility index (Phi) is 5.71. The lowest BCUT2D eigenvalue weighted by Crippen LogP contribution is -2.47. The summed E-state index contributed by atoms with van der Waals surface area (Å²) < 4.78 is 5.43. The fourth-order valence-corrected chi connectivity index (χ4v) is 3.11. The Bertz CT molecular complexity index is 417. The number of amides is 1. The van der Waals surface area contributed by atoms with Crippen LogP contribution in [0.1, 0.15) is 40.0 Å². The third-order valence-electron chi connectivity index (χ3n) is 4.21. The minimum Gasteiger partial charge on any atom is -0.444 e. The number of carbonyl (C=O) groups excluding carboxylic acids is 1. The van der Waals surface area contributed by atoms with Crippen LogP contribution in [0.5, 0.6) is 0 Å². The Balaban J connectivity index is 1.71. The third kappa shape index (κ3) is 5.19. The normalized spacial score (nSPS) is 24.3. The molecule has 1 amide bonds. The van der Waals surface area contributed by atoms with E-state index >= 15 is 0 Å². The Labute approximate surface area is 134 Å². The lowest BCUT2D eigenvalue weighted by atomic mass is 10.0. The molecule has 2 aliphatic rings. The van der Waals surface area contributed by atoms with Crippen molar-refractivity contribution >= 4 is 6.09 Å². The van der Waals surface area contributed by atoms with Crippen molar-refractivity contribution in [3.63, 3.8) is 0 Å². The zero-order chi connectivity index (χ0) is 16.2. The lowest BCUT2D eigenvalue weighted by molar-refractivity contribution is 0.0289. The van der Waals surface area contributed by atoms with Crippen LogP contribution < -0.4 is 5.32 Å². The number of piperidine rings is 1. The van der Waals surface area contributed by atoms with Gasteiger partial charge in [0.1, 0.15) is 5.60 Å². The summed E-state index contributed by atoms with van der Waals surface area (Å²) in [5, 5.41) is 3.70. The van der Waals surface area contributed by atoms with Crippen LogP contribution in [0.3, 0.4) is 0 Å². The number of ether oxygens (including phenoxy) is 1. The van der Waals surface area contributed by atoms with E-state index < -0.39 is 5.60 Å². The maximum absolute atomic E-state index is 12.1. The molecule has 0 aromatic heterocycles. The predicted octanol–water partition coefficient (Wildman–Crippen LogP) is 1.68. The van der Waals surface area contributed by atoms with Crippen molar-refractivity contribution in [2.75, 3.05) is 32.7 Å². The second kappa shape index (κ2) is 7.34. The molecule has 2 rings (SSSR count). The monoisotopic (exact) mass is 307 g/mol. The molecule has 2 aliphatic heterocycles. The summed E-state index contributed by atoms with van der Waals surface area (Å²) >= 11 is 0. The van der Waals surface area contributed by atoms with E-state index in [1.807, 2.05) is 25.7 Å². The molecule has 2 saturated heterocycles. The van der Waals surface area contributed by atoms with Gasteiger partial charge in [-0.2, -0.15) is 0 Å². The van der Waals surface area contributed by atoms with Crippen molar-refractivity contribution in [1.29, 1.82) is 0 Å². The van der Waals surface area contributed by atoms with Gasteiger partial charge in [0.15, 0.2) is 0 Å². The number of terminal acetylenes is 1. The van der Waals surface area contributed by atoms with Gasteiger partial charge in [-0.1, -0.05) is 5.92 Å². The van der Waals surface area contributed by atoms with E-state index in [0.717, 1.165) is 52.0 Å². The highest BCUT2D eigenvalue weighted by atomic mass is 16.6. The van der Waals surface area contributed by atoms with Gasteiger partial charge >= 0.3 is 6.09 Å². The van der Waals surface area contributed by atoms with E-state index in [1.54, 1.807) is 0 Å². The summed E-state index contributed by atoms with van der Waals surface area (Å²) in [5.41, 5.74) is -0.424. The first-order chi connectivity index (χ1) is 10.4. The molecule has 0 aromatic carbocycles. The van der Waals surface area contributed by atoms with Gasteiger partial charge in [-0.25, -0.2) is 4.79 Å². The molecule has 2 fully saturated rings. The van der Waals surface area contributed by atoms with E-state index in [0.29, 0.717) is 12.1 Å². The van der Waals surface area contributed by atoms with Gasteiger partial charge in [0.05, 0.1) is 6.54 Å². The largest absolute Gasteiger partial charge is 0.444 e. The Morgan fingerprint density at radius 3 is 2.45 bits per heavy atom. The summed E-state index contributed by atoms with van der Waals surface area (Å²) in [5.74, 6) is 2.71. The molecule has 1 atom stereocenters. The van der Waals surface area contributed by atoms with Gasteiger partial charge in [0.2, 0.25) is 0 Å². The van der Waals surface area contributed by atoms with Crippen molar-refractivity contribution in [1.82, 2.24) is 15.1 Å². The number of rotatable bonds is 3. The molecule has 0 aromatic rings. The highest BCUT2D eigenvalue weighted by Gasteiger charge is 2.31. The molecule has 5 heteroatoms. The number of carbonyl (C=O) groups is 1. The first kappa shape index (κ1) is 17.1. The summed E-state index contributed by atoms with van der Waals surface area (Å²) in [6.07, 6.45) is 8.43. The van der Waals surface area contributed by atoms with Crippen LogP contribution in [-0.2, 0) is 4.74 Å². The maximum Gasteiger partial charge on any atom is 0.410 e. The molecule has 0 radical (unpaired) electrons. The van der Waals surface area contributed by atoms with Gasteiger partial charge in [-0.3, -0.25) is 4.90 Å². The molecule has 22 heavy (non-hydrogen) atoms. The van der Waals surface area contributed by atoms with Crippen molar-refractivity contribution in [3.05, 3.63) is 0 Å². The third-order valence-corrected chi connectivity index (χ3v) is 4.21. The number of hydrogen-bond donors (Lipinski definition) is 1. The topological polar surface area (TPSA) is 44.8 Å². The average Bonchev–Trinajstić information content (AvgIpc) is 2.88. The Morgan fingerprint density at radius 1 is 1.23 bits per heavy atom. The van der Waals surface area contributed by atoms with Gasteiger partial charge < -0.3 is 15.0 Å². The number of nitrogens with zero attached hydrogens (tertiary/aromatic N) is 2. The maximum atomic E-state index is 12.1. The molecular weight excluding hydrogens is 278 g/mol. The molecule has 1 unspecified atom stereocenters.